The lowest BCUT2D eigenvalue weighted by molar-refractivity contribution is -0.0170. The molecule has 168 valence electrons. The SMILES string of the molecule is CC1O[C@H](COP(=O)(O)O)[C@H](O)[C@@H]1O.CC1O[C@H](COP(=O)(O)O)[C@H](O)[C@@H]1O. The van der Waals surface area contributed by atoms with Gasteiger partial charge in [-0.15, -0.1) is 0 Å². The van der Waals surface area contributed by atoms with E-state index in [0.29, 0.717) is 0 Å². The van der Waals surface area contributed by atoms with Crippen molar-refractivity contribution in [1.29, 1.82) is 0 Å². The van der Waals surface area contributed by atoms with Crippen molar-refractivity contribution in [1.82, 2.24) is 0 Å². The number of hydrogen-bond acceptors (Lipinski definition) is 10. The summed E-state index contributed by atoms with van der Waals surface area (Å²) in [5.41, 5.74) is 0. The van der Waals surface area contributed by atoms with E-state index in [1.54, 1.807) is 13.8 Å². The molecule has 2 unspecified atom stereocenters. The van der Waals surface area contributed by atoms with Crippen LogP contribution in [0.5, 0.6) is 0 Å². The van der Waals surface area contributed by atoms with Crippen molar-refractivity contribution in [3.8, 4) is 0 Å². The van der Waals surface area contributed by atoms with Crippen LogP contribution in [0.4, 0.5) is 0 Å². The summed E-state index contributed by atoms with van der Waals surface area (Å²) in [6, 6.07) is 0. The zero-order valence-corrected chi connectivity index (χ0v) is 16.7. The fourth-order valence-electron chi connectivity index (χ4n) is 2.49. The zero-order chi connectivity index (χ0) is 21.9. The standard InChI is InChI=1S/2C6H13O7P/c2*1-3-5(7)6(8)4(13-3)2-12-14(9,10)11/h2*3-8H,2H2,1H3,(H2,9,10,11)/t2*3?,4-,5-,6+/m11/s1. The summed E-state index contributed by atoms with van der Waals surface area (Å²) in [7, 11) is -9.11. The zero-order valence-electron chi connectivity index (χ0n) is 15.0. The Hall–Kier alpha value is -0.0200. The second-order valence-corrected chi connectivity index (χ2v) is 8.77. The summed E-state index contributed by atoms with van der Waals surface area (Å²) in [4.78, 5) is 33.5. The van der Waals surface area contributed by atoms with Gasteiger partial charge in [0.2, 0.25) is 0 Å². The number of phosphoric acid groups is 2. The van der Waals surface area contributed by atoms with Gasteiger partial charge in [-0.3, -0.25) is 9.05 Å². The van der Waals surface area contributed by atoms with Crippen molar-refractivity contribution in [2.24, 2.45) is 0 Å². The van der Waals surface area contributed by atoms with Crippen LogP contribution in [0.25, 0.3) is 0 Å². The monoisotopic (exact) mass is 456 g/mol. The highest BCUT2D eigenvalue weighted by Gasteiger charge is 2.42. The quantitative estimate of drug-likeness (QED) is 0.189. The molecule has 2 aliphatic rings. The maximum absolute atomic E-state index is 10.3. The highest BCUT2D eigenvalue weighted by molar-refractivity contribution is 7.46. The van der Waals surface area contributed by atoms with E-state index in [4.69, 9.17) is 29.0 Å². The normalized spacial score (nSPS) is 38.9. The second kappa shape index (κ2) is 10.3. The summed E-state index contributed by atoms with van der Waals surface area (Å²) < 4.78 is 39.0. The van der Waals surface area contributed by atoms with Gasteiger partial charge in [-0.05, 0) is 13.8 Å². The first-order valence-corrected chi connectivity index (χ1v) is 11.1. The maximum atomic E-state index is 10.3. The van der Waals surface area contributed by atoms with Gasteiger partial charge in [-0.25, -0.2) is 9.13 Å². The molecule has 2 saturated heterocycles. The third kappa shape index (κ3) is 8.38. The Labute approximate surface area is 160 Å². The number of ether oxygens (including phenoxy) is 2. The molecule has 28 heavy (non-hydrogen) atoms. The minimum absolute atomic E-state index is 0.452. The first-order chi connectivity index (χ1) is 12.6. The Kier molecular flexibility index (Phi) is 9.60. The highest BCUT2D eigenvalue weighted by atomic mass is 31.2. The van der Waals surface area contributed by atoms with Gasteiger partial charge in [0.15, 0.2) is 0 Å². The molecule has 14 nitrogen and oxygen atoms in total. The Morgan fingerprint density at radius 2 is 0.964 bits per heavy atom. The van der Waals surface area contributed by atoms with E-state index in [0.717, 1.165) is 0 Å². The number of phosphoric ester groups is 2. The van der Waals surface area contributed by atoms with Gasteiger partial charge >= 0.3 is 15.6 Å². The molecule has 0 radical (unpaired) electrons. The van der Waals surface area contributed by atoms with Crippen molar-refractivity contribution < 1.29 is 67.7 Å². The lowest BCUT2D eigenvalue weighted by Crippen LogP contribution is -2.33. The minimum atomic E-state index is -4.56. The van der Waals surface area contributed by atoms with Crippen molar-refractivity contribution >= 4 is 15.6 Å². The van der Waals surface area contributed by atoms with Crippen LogP contribution in [0, 0.1) is 0 Å². The molecule has 2 fully saturated rings. The molecular formula is C12H26O14P2. The van der Waals surface area contributed by atoms with E-state index in [2.05, 4.69) is 9.05 Å². The van der Waals surface area contributed by atoms with Crippen LogP contribution in [0.2, 0.25) is 0 Å². The van der Waals surface area contributed by atoms with Crippen molar-refractivity contribution in [2.75, 3.05) is 13.2 Å². The maximum Gasteiger partial charge on any atom is 0.469 e. The molecule has 0 amide bonds. The summed E-state index contributed by atoms with van der Waals surface area (Å²) in [6.07, 6.45) is -7.44. The Bertz CT molecular complexity index is 527. The van der Waals surface area contributed by atoms with Gasteiger partial charge in [-0.2, -0.15) is 0 Å². The van der Waals surface area contributed by atoms with Gasteiger partial charge in [0, 0.05) is 0 Å². The lowest BCUT2D eigenvalue weighted by atomic mass is 10.1. The molecule has 2 rings (SSSR count). The van der Waals surface area contributed by atoms with E-state index in [1.807, 2.05) is 0 Å². The topological polar surface area (TPSA) is 233 Å². The van der Waals surface area contributed by atoms with Gasteiger partial charge in [-0.1, -0.05) is 0 Å². The van der Waals surface area contributed by atoms with Gasteiger partial charge in [0.25, 0.3) is 0 Å². The lowest BCUT2D eigenvalue weighted by Gasteiger charge is -2.14. The summed E-state index contributed by atoms with van der Waals surface area (Å²) in [5, 5.41) is 37.1. The molecule has 0 spiro atoms. The molecule has 16 heteroatoms. The third-order valence-electron chi connectivity index (χ3n) is 4.02. The van der Waals surface area contributed by atoms with Crippen LogP contribution in [0.3, 0.4) is 0 Å². The molecule has 8 atom stereocenters. The number of rotatable bonds is 6. The summed E-state index contributed by atoms with van der Waals surface area (Å²) in [6.45, 7) is 2.19. The van der Waals surface area contributed by atoms with Crippen molar-refractivity contribution in [3.05, 3.63) is 0 Å². The number of hydrogen-bond donors (Lipinski definition) is 8. The van der Waals surface area contributed by atoms with Crippen LogP contribution < -0.4 is 0 Å². The fraction of sp³-hybridized carbons (Fsp3) is 1.00. The predicted octanol–water partition coefficient (Wildman–Crippen LogP) is -2.79. The number of aliphatic hydroxyl groups excluding tert-OH is 4. The van der Waals surface area contributed by atoms with Crippen LogP contribution in [-0.2, 0) is 27.7 Å². The molecular weight excluding hydrogens is 430 g/mol. The second-order valence-electron chi connectivity index (χ2n) is 6.29. The number of aliphatic hydroxyl groups is 4. The molecule has 0 aromatic carbocycles. The molecule has 0 aromatic heterocycles. The molecule has 8 N–H and O–H groups in total. The smallest absolute Gasteiger partial charge is 0.388 e. The Morgan fingerprint density at radius 1 is 0.679 bits per heavy atom. The van der Waals surface area contributed by atoms with Crippen LogP contribution in [0.1, 0.15) is 13.8 Å². The molecule has 0 saturated carbocycles. The summed E-state index contributed by atoms with van der Waals surface area (Å²) >= 11 is 0. The molecule has 0 aliphatic carbocycles. The van der Waals surface area contributed by atoms with E-state index in [1.165, 1.54) is 0 Å². The highest BCUT2D eigenvalue weighted by Crippen LogP contribution is 2.37. The van der Waals surface area contributed by atoms with E-state index >= 15 is 0 Å². The largest absolute Gasteiger partial charge is 0.469 e. The Morgan fingerprint density at radius 3 is 1.14 bits per heavy atom. The van der Waals surface area contributed by atoms with Crippen molar-refractivity contribution in [3.63, 3.8) is 0 Å². The Balaban J connectivity index is 0.000000280. The molecule has 0 aromatic rings. The van der Waals surface area contributed by atoms with E-state index in [-0.39, 0.29) is 0 Å². The van der Waals surface area contributed by atoms with Gasteiger partial charge in [0.05, 0.1) is 25.4 Å². The van der Waals surface area contributed by atoms with Gasteiger partial charge in [0.1, 0.15) is 36.6 Å². The van der Waals surface area contributed by atoms with Crippen LogP contribution >= 0.6 is 15.6 Å². The molecule has 2 aliphatic heterocycles. The third-order valence-corrected chi connectivity index (χ3v) is 4.99. The van der Waals surface area contributed by atoms with E-state index in [9.17, 15) is 29.6 Å². The van der Waals surface area contributed by atoms with Crippen molar-refractivity contribution in [2.45, 2.75) is 62.7 Å². The molecule has 2 heterocycles. The summed E-state index contributed by atoms with van der Waals surface area (Å²) in [5.74, 6) is 0. The van der Waals surface area contributed by atoms with Gasteiger partial charge < -0.3 is 49.5 Å². The first-order valence-electron chi connectivity index (χ1n) is 8.05. The van der Waals surface area contributed by atoms with E-state index < -0.39 is 77.7 Å². The van der Waals surface area contributed by atoms with Crippen LogP contribution in [0.15, 0.2) is 0 Å². The molecule has 0 bridgehead atoms. The minimum Gasteiger partial charge on any atom is -0.388 e. The first kappa shape index (κ1) is 26.0. The average Bonchev–Trinajstić information content (AvgIpc) is 2.95. The predicted molar refractivity (Wildman–Crippen MR) is 88.7 cm³/mol. The average molecular weight is 456 g/mol. The fourth-order valence-corrected chi connectivity index (χ4v) is 3.17. The van der Waals surface area contributed by atoms with Crippen LogP contribution in [-0.4, -0.2) is 102 Å².